The van der Waals surface area contributed by atoms with Gasteiger partial charge in [0.1, 0.15) is 5.78 Å². The molecule has 0 bridgehead atoms. The van der Waals surface area contributed by atoms with Gasteiger partial charge < -0.3 is 4.74 Å². The zero-order valence-electron chi connectivity index (χ0n) is 11.0. The normalized spacial score (nSPS) is 11.3. The molecule has 0 saturated heterocycles. The summed E-state index contributed by atoms with van der Waals surface area (Å²) < 4.78 is 5.79. The number of benzene rings is 1. The zero-order chi connectivity index (χ0) is 15.0. The highest BCUT2D eigenvalue weighted by Gasteiger charge is 2.22. The van der Waals surface area contributed by atoms with Crippen molar-refractivity contribution >= 4 is 34.3 Å². The fourth-order valence-electron chi connectivity index (χ4n) is 1.78. The molecule has 0 saturated carbocycles. The summed E-state index contributed by atoms with van der Waals surface area (Å²) in [5.74, 6) is -1.05. The third kappa shape index (κ3) is 5.18. The van der Waals surface area contributed by atoms with E-state index in [4.69, 9.17) is 10.3 Å². The highest BCUT2D eigenvalue weighted by molar-refractivity contribution is 14.1. The van der Waals surface area contributed by atoms with E-state index in [2.05, 4.69) is 32.6 Å². The smallest absolute Gasteiger partial charge is 0.313 e. The second-order valence-electron chi connectivity index (χ2n) is 4.10. The molecule has 0 radical (unpaired) electrons. The number of nitrogens with zero attached hydrogens (tertiary/aromatic N) is 3. The van der Waals surface area contributed by atoms with Gasteiger partial charge in [0.05, 0.1) is 19.6 Å². The first kappa shape index (κ1) is 16.5. The first-order valence-electron chi connectivity index (χ1n) is 5.94. The van der Waals surface area contributed by atoms with Gasteiger partial charge in [0.25, 0.3) is 0 Å². The lowest BCUT2D eigenvalue weighted by Gasteiger charge is -2.14. The van der Waals surface area contributed by atoms with Crippen molar-refractivity contribution in [2.24, 2.45) is 5.11 Å². The van der Waals surface area contributed by atoms with Gasteiger partial charge in [-0.1, -0.05) is 17.2 Å². The lowest BCUT2D eigenvalue weighted by molar-refractivity contribution is -0.142. The molecule has 1 aromatic rings. The number of ether oxygens (including phenoxy) is 1. The van der Waals surface area contributed by atoms with Gasteiger partial charge in [-0.25, -0.2) is 0 Å². The molecule has 0 aliphatic heterocycles. The number of carbonyl (C=O) groups is 2. The largest absolute Gasteiger partial charge is 0.469 e. The van der Waals surface area contributed by atoms with Crippen LogP contribution in [-0.4, -0.2) is 25.4 Å². The van der Waals surface area contributed by atoms with Gasteiger partial charge in [0, 0.05) is 14.9 Å². The third-order valence-corrected chi connectivity index (χ3v) is 3.43. The average molecular weight is 387 g/mol. The molecule has 7 heteroatoms. The van der Waals surface area contributed by atoms with Crippen LogP contribution in [0.1, 0.15) is 24.3 Å². The summed E-state index contributed by atoms with van der Waals surface area (Å²) in [4.78, 5) is 25.9. The Hall–Kier alpha value is -1.60. The molecule has 0 amide bonds. The second kappa shape index (κ2) is 8.55. The third-order valence-electron chi connectivity index (χ3n) is 2.76. The number of rotatable bonds is 7. The summed E-state index contributed by atoms with van der Waals surface area (Å²) in [5, 5.41) is 3.22. The Kier molecular flexibility index (Phi) is 7.03. The Bertz CT molecular complexity index is 541. The monoisotopic (exact) mass is 387 g/mol. The molecule has 0 heterocycles. The van der Waals surface area contributed by atoms with Crippen molar-refractivity contribution in [2.75, 3.05) is 13.7 Å². The van der Waals surface area contributed by atoms with Gasteiger partial charge in [0.2, 0.25) is 0 Å². The van der Waals surface area contributed by atoms with Gasteiger partial charge in [-0.05, 0) is 52.2 Å². The number of esters is 1. The van der Waals surface area contributed by atoms with Crippen LogP contribution in [0, 0.1) is 3.57 Å². The molecule has 0 aromatic heterocycles. The number of Topliss-reactive ketones (excluding diaryl/α,β-unsaturated/α-hetero) is 1. The average Bonchev–Trinajstić information content (AvgIpc) is 2.45. The summed E-state index contributed by atoms with van der Waals surface area (Å²) in [6, 6.07) is 7.50. The van der Waals surface area contributed by atoms with Crippen molar-refractivity contribution in [3.8, 4) is 0 Å². The SMILES string of the molecule is COC(=O)C(CCC(=O)CN=[N+]=[N-])c1cccc(I)c1. The van der Waals surface area contributed by atoms with Crippen LogP contribution in [0.4, 0.5) is 0 Å². The molecular weight excluding hydrogens is 373 g/mol. The lowest BCUT2D eigenvalue weighted by atomic mass is 9.93. The quantitative estimate of drug-likeness (QED) is 0.237. The number of hydrogen-bond acceptors (Lipinski definition) is 4. The van der Waals surface area contributed by atoms with Gasteiger partial charge in [-0.3, -0.25) is 9.59 Å². The molecule has 0 N–H and O–H groups in total. The van der Waals surface area contributed by atoms with Crippen LogP contribution in [-0.2, 0) is 14.3 Å². The van der Waals surface area contributed by atoms with E-state index in [1.54, 1.807) is 0 Å². The Balaban J connectivity index is 2.78. The van der Waals surface area contributed by atoms with Crippen LogP contribution in [0.3, 0.4) is 0 Å². The Morgan fingerprint density at radius 1 is 1.50 bits per heavy atom. The van der Waals surface area contributed by atoms with E-state index in [0.29, 0.717) is 6.42 Å². The van der Waals surface area contributed by atoms with E-state index in [-0.39, 0.29) is 24.7 Å². The van der Waals surface area contributed by atoms with Gasteiger partial charge in [-0.15, -0.1) is 0 Å². The van der Waals surface area contributed by atoms with Gasteiger partial charge in [0.15, 0.2) is 0 Å². The number of azide groups is 1. The number of halogens is 1. The van der Waals surface area contributed by atoms with Crippen molar-refractivity contribution in [1.29, 1.82) is 0 Å². The van der Waals surface area contributed by atoms with Crippen molar-refractivity contribution in [3.63, 3.8) is 0 Å². The molecule has 0 spiro atoms. The summed E-state index contributed by atoms with van der Waals surface area (Å²) in [6.07, 6.45) is 0.511. The number of ketones is 1. The molecule has 106 valence electrons. The number of hydrogen-bond donors (Lipinski definition) is 0. The lowest BCUT2D eigenvalue weighted by Crippen LogP contribution is -2.16. The summed E-state index contributed by atoms with van der Waals surface area (Å²) >= 11 is 2.16. The van der Waals surface area contributed by atoms with Crippen molar-refractivity contribution in [2.45, 2.75) is 18.8 Å². The second-order valence-corrected chi connectivity index (χ2v) is 5.34. The van der Waals surface area contributed by atoms with Crippen LogP contribution in [0.15, 0.2) is 29.4 Å². The molecule has 1 unspecified atom stereocenters. The number of carbonyl (C=O) groups excluding carboxylic acids is 2. The fraction of sp³-hybridized carbons (Fsp3) is 0.385. The zero-order valence-corrected chi connectivity index (χ0v) is 13.1. The first-order valence-corrected chi connectivity index (χ1v) is 7.02. The van der Waals surface area contributed by atoms with Crippen LogP contribution in [0.5, 0.6) is 0 Å². The highest BCUT2D eigenvalue weighted by atomic mass is 127. The molecule has 1 atom stereocenters. The molecular formula is C13H14IN3O3. The summed E-state index contributed by atoms with van der Waals surface area (Å²) in [6.45, 7) is -0.184. The summed E-state index contributed by atoms with van der Waals surface area (Å²) in [5.41, 5.74) is 8.98. The molecule has 0 fully saturated rings. The minimum atomic E-state index is -0.482. The Morgan fingerprint density at radius 3 is 2.85 bits per heavy atom. The van der Waals surface area contributed by atoms with Crippen LogP contribution >= 0.6 is 22.6 Å². The minimum absolute atomic E-state index is 0.171. The minimum Gasteiger partial charge on any atom is -0.469 e. The molecule has 1 rings (SSSR count). The predicted molar refractivity (Wildman–Crippen MR) is 82.2 cm³/mol. The Morgan fingerprint density at radius 2 is 2.25 bits per heavy atom. The maximum absolute atomic E-state index is 11.8. The van der Waals surface area contributed by atoms with E-state index < -0.39 is 5.92 Å². The molecule has 1 aromatic carbocycles. The predicted octanol–water partition coefficient (Wildman–Crippen LogP) is 3.21. The van der Waals surface area contributed by atoms with E-state index >= 15 is 0 Å². The van der Waals surface area contributed by atoms with Crippen LogP contribution < -0.4 is 0 Å². The maximum Gasteiger partial charge on any atom is 0.313 e. The van der Waals surface area contributed by atoms with E-state index in [0.717, 1.165) is 9.13 Å². The molecule has 0 aliphatic carbocycles. The number of methoxy groups -OCH3 is 1. The first-order chi connectivity index (χ1) is 9.58. The van der Waals surface area contributed by atoms with Crippen molar-refractivity contribution in [1.82, 2.24) is 0 Å². The highest BCUT2D eigenvalue weighted by Crippen LogP contribution is 2.24. The van der Waals surface area contributed by atoms with E-state index in [9.17, 15) is 9.59 Å². The topological polar surface area (TPSA) is 92.1 Å². The maximum atomic E-state index is 11.8. The summed E-state index contributed by atoms with van der Waals surface area (Å²) in [7, 11) is 1.32. The van der Waals surface area contributed by atoms with Gasteiger partial charge in [-0.2, -0.15) is 0 Å². The van der Waals surface area contributed by atoms with Crippen molar-refractivity contribution in [3.05, 3.63) is 43.8 Å². The van der Waals surface area contributed by atoms with Crippen molar-refractivity contribution < 1.29 is 14.3 Å². The molecule has 6 nitrogen and oxygen atoms in total. The van der Waals surface area contributed by atoms with Crippen LogP contribution in [0.2, 0.25) is 0 Å². The van der Waals surface area contributed by atoms with E-state index in [1.165, 1.54) is 7.11 Å². The van der Waals surface area contributed by atoms with Crippen LogP contribution in [0.25, 0.3) is 10.4 Å². The standard InChI is InChI=1S/C13H14IN3O3/c1-20-13(19)12(6-5-11(18)8-16-17-15)9-3-2-4-10(14)7-9/h2-4,7,12H,5-6,8H2,1H3. The molecule has 20 heavy (non-hydrogen) atoms. The Labute approximate surface area is 130 Å². The van der Waals surface area contributed by atoms with Gasteiger partial charge >= 0.3 is 5.97 Å². The fourth-order valence-corrected chi connectivity index (χ4v) is 2.35. The van der Waals surface area contributed by atoms with E-state index in [1.807, 2.05) is 24.3 Å². The molecule has 0 aliphatic rings.